The Balaban J connectivity index is 1.75. The summed E-state index contributed by atoms with van der Waals surface area (Å²) in [7, 11) is 0. The lowest BCUT2D eigenvalue weighted by molar-refractivity contribution is 0.281. The van der Waals surface area contributed by atoms with E-state index in [1.807, 2.05) is 18.2 Å². The molecule has 0 saturated carbocycles. The Morgan fingerprint density at radius 3 is 2.77 bits per heavy atom. The summed E-state index contributed by atoms with van der Waals surface area (Å²) >= 11 is 0. The predicted octanol–water partition coefficient (Wildman–Crippen LogP) is 2.97. The zero-order chi connectivity index (χ0) is 15.9. The lowest BCUT2D eigenvalue weighted by atomic mass is 10.1. The Kier molecular flexibility index (Phi) is 6.10. The second-order valence-electron chi connectivity index (χ2n) is 5.88. The lowest BCUT2D eigenvalue weighted by Gasteiger charge is -2.14. The molecule has 0 amide bonds. The molecule has 0 saturated heterocycles. The second-order valence-corrected chi connectivity index (χ2v) is 5.88. The van der Waals surface area contributed by atoms with E-state index in [0.717, 1.165) is 30.8 Å². The zero-order valence-electron chi connectivity index (χ0n) is 13.5. The highest BCUT2D eigenvalue weighted by Crippen LogP contribution is 2.15. The van der Waals surface area contributed by atoms with Crippen molar-refractivity contribution in [2.45, 2.75) is 52.2 Å². The summed E-state index contributed by atoms with van der Waals surface area (Å²) in [5.41, 5.74) is 2.13. The minimum Gasteiger partial charge on any atom is -0.392 e. The van der Waals surface area contributed by atoms with Crippen LogP contribution in [0.1, 0.15) is 62.0 Å². The largest absolute Gasteiger partial charge is 0.392 e. The van der Waals surface area contributed by atoms with Crippen molar-refractivity contribution < 1.29 is 9.63 Å². The third kappa shape index (κ3) is 4.64. The van der Waals surface area contributed by atoms with Crippen LogP contribution in [-0.2, 0) is 13.0 Å². The number of benzene rings is 1. The van der Waals surface area contributed by atoms with Gasteiger partial charge in [-0.2, -0.15) is 4.98 Å². The van der Waals surface area contributed by atoms with Gasteiger partial charge < -0.3 is 14.9 Å². The highest BCUT2D eigenvalue weighted by Gasteiger charge is 2.10. The number of aliphatic hydroxyl groups excluding tert-OH is 1. The molecule has 0 fully saturated rings. The van der Waals surface area contributed by atoms with Gasteiger partial charge in [0.25, 0.3) is 0 Å². The Labute approximate surface area is 131 Å². The van der Waals surface area contributed by atoms with Crippen LogP contribution in [0.3, 0.4) is 0 Å². The monoisotopic (exact) mass is 303 g/mol. The Morgan fingerprint density at radius 1 is 1.27 bits per heavy atom. The van der Waals surface area contributed by atoms with E-state index in [9.17, 15) is 5.11 Å². The molecular formula is C17H25N3O2. The molecule has 1 heterocycles. The summed E-state index contributed by atoms with van der Waals surface area (Å²) in [6.45, 7) is 7.19. The average Bonchev–Trinajstić information content (AvgIpc) is 3.00. The fraction of sp³-hybridized carbons (Fsp3) is 0.529. The van der Waals surface area contributed by atoms with Gasteiger partial charge in [-0.15, -0.1) is 0 Å². The van der Waals surface area contributed by atoms with Crippen LogP contribution in [0.4, 0.5) is 0 Å². The SMILES string of the molecule is CC(C)c1noc(CCCNC(C)c2cccc(CO)c2)n1. The van der Waals surface area contributed by atoms with Crippen LogP contribution in [0.15, 0.2) is 28.8 Å². The van der Waals surface area contributed by atoms with Crippen LogP contribution < -0.4 is 5.32 Å². The van der Waals surface area contributed by atoms with E-state index < -0.39 is 0 Å². The molecule has 5 heteroatoms. The summed E-state index contributed by atoms with van der Waals surface area (Å²) in [5.74, 6) is 1.78. The van der Waals surface area contributed by atoms with Crippen LogP contribution in [0.5, 0.6) is 0 Å². The summed E-state index contributed by atoms with van der Waals surface area (Å²) in [6.07, 6.45) is 1.74. The van der Waals surface area contributed by atoms with Crippen LogP contribution in [0, 0.1) is 0 Å². The van der Waals surface area contributed by atoms with Crippen molar-refractivity contribution in [3.8, 4) is 0 Å². The van der Waals surface area contributed by atoms with E-state index in [1.165, 1.54) is 5.56 Å². The number of aliphatic hydroxyl groups is 1. The molecule has 0 spiro atoms. The van der Waals surface area contributed by atoms with Gasteiger partial charge in [0.15, 0.2) is 5.82 Å². The molecular weight excluding hydrogens is 278 g/mol. The molecule has 1 aromatic heterocycles. The van der Waals surface area contributed by atoms with Gasteiger partial charge in [0.1, 0.15) is 0 Å². The van der Waals surface area contributed by atoms with Crippen molar-refractivity contribution in [2.24, 2.45) is 0 Å². The van der Waals surface area contributed by atoms with Crippen molar-refractivity contribution in [1.29, 1.82) is 0 Å². The molecule has 22 heavy (non-hydrogen) atoms. The molecule has 0 aliphatic rings. The fourth-order valence-electron chi connectivity index (χ4n) is 2.24. The maximum atomic E-state index is 9.18. The van der Waals surface area contributed by atoms with Crippen LogP contribution in [0.25, 0.3) is 0 Å². The van der Waals surface area contributed by atoms with E-state index in [2.05, 4.69) is 42.3 Å². The van der Waals surface area contributed by atoms with Gasteiger partial charge in [0.2, 0.25) is 5.89 Å². The van der Waals surface area contributed by atoms with Crippen molar-refractivity contribution in [3.63, 3.8) is 0 Å². The third-order valence-corrected chi connectivity index (χ3v) is 3.65. The minimum atomic E-state index is 0.0793. The number of nitrogens with zero attached hydrogens (tertiary/aromatic N) is 2. The molecule has 1 unspecified atom stereocenters. The van der Waals surface area contributed by atoms with Gasteiger partial charge in [-0.3, -0.25) is 0 Å². The molecule has 120 valence electrons. The van der Waals surface area contributed by atoms with Gasteiger partial charge in [0.05, 0.1) is 6.61 Å². The summed E-state index contributed by atoms with van der Waals surface area (Å²) < 4.78 is 5.23. The fourth-order valence-corrected chi connectivity index (χ4v) is 2.24. The summed E-state index contributed by atoms with van der Waals surface area (Å²) in [6, 6.07) is 8.26. The van der Waals surface area contributed by atoms with E-state index in [-0.39, 0.29) is 12.6 Å². The number of hydrogen-bond acceptors (Lipinski definition) is 5. The van der Waals surface area contributed by atoms with Crippen LogP contribution in [-0.4, -0.2) is 21.8 Å². The van der Waals surface area contributed by atoms with Crippen molar-refractivity contribution in [2.75, 3.05) is 6.54 Å². The van der Waals surface area contributed by atoms with E-state index in [1.54, 1.807) is 0 Å². The van der Waals surface area contributed by atoms with Crippen molar-refractivity contribution in [1.82, 2.24) is 15.5 Å². The Hall–Kier alpha value is -1.72. The van der Waals surface area contributed by atoms with E-state index in [4.69, 9.17) is 4.52 Å². The van der Waals surface area contributed by atoms with Gasteiger partial charge >= 0.3 is 0 Å². The standard InChI is InChI=1S/C17H25N3O2/c1-12(2)17-19-16(22-20-17)8-5-9-18-13(3)15-7-4-6-14(10-15)11-21/h4,6-7,10,12-13,18,21H,5,8-9,11H2,1-3H3. The molecule has 5 nitrogen and oxygen atoms in total. The van der Waals surface area contributed by atoms with Gasteiger partial charge in [0, 0.05) is 18.4 Å². The zero-order valence-corrected chi connectivity index (χ0v) is 13.5. The predicted molar refractivity (Wildman–Crippen MR) is 85.5 cm³/mol. The first-order valence-corrected chi connectivity index (χ1v) is 7.85. The highest BCUT2D eigenvalue weighted by molar-refractivity contribution is 5.25. The molecule has 2 N–H and O–H groups in total. The quantitative estimate of drug-likeness (QED) is 0.734. The highest BCUT2D eigenvalue weighted by atomic mass is 16.5. The minimum absolute atomic E-state index is 0.0793. The molecule has 0 bridgehead atoms. The first-order valence-electron chi connectivity index (χ1n) is 7.85. The first-order chi connectivity index (χ1) is 10.6. The molecule has 2 rings (SSSR count). The lowest BCUT2D eigenvalue weighted by Crippen LogP contribution is -2.20. The van der Waals surface area contributed by atoms with Crippen molar-refractivity contribution in [3.05, 3.63) is 47.1 Å². The molecule has 1 atom stereocenters. The number of hydrogen-bond donors (Lipinski definition) is 2. The number of rotatable bonds is 8. The first kappa shape index (κ1) is 16.6. The molecule has 2 aromatic rings. The van der Waals surface area contributed by atoms with Crippen LogP contribution in [0.2, 0.25) is 0 Å². The smallest absolute Gasteiger partial charge is 0.226 e. The Bertz CT molecular complexity index is 581. The third-order valence-electron chi connectivity index (χ3n) is 3.65. The van der Waals surface area contributed by atoms with E-state index >= 15 is 0 Å². The normalized spacial score (nSPS) is 12.8. The number of aryl methyl sites for hydroxylation is 1. The van der Waals surface area contributed by atoms with Gasteiger partial charge in [-0.1, -0.05) is 43.3 Å². The number of aromatic nitrogens is 2. The van der Waals surface area contributed by atoms with Gasteiger partial charge in [-0.25, -0.2) is 0 Å². The maximum absolute atomic E-state index is 9.18. The molecule has 0 radical (unpaired) electrons. The van der Waals surface area contributed by atoms with Crippen molar-refractivity contribution >= 4 is 0 Å². The second kappa shape index (κ2) is 8.06. The van der Waals surface area contributed by atoms with E-state index in [0.29, 0.717) is 11.8 Å². The topological polar surface area (TPSA) is 71.2 Å². The molecule has 1 aromatic carbocycles. The van der Waals surface area contributed by atoms with Gasteiger partial charge in [-0.05, 0) is 31.0 Å². The summed E-state index contributed by atoms with van der Waals surface area (Å²) in [5, 5.41) is 16.6. The van der Waals surface area contributed by atoms with Crippen LogP contribution >= 0.6 is 0 Å². The number of nitrogens with one attached hydrogen (secondary N) is 1. The molecule has 0 aliphatic heterocycles. The molecule has 0 aliphatic carbocycles. The Morgan fingerprint density at radius 2 is 2.09 bits per heavy atom. The maximum Gasteiger partial charge on any atom is 0.226 e. The summed E-state index contributed by atoms with van der Waals surface area (Å²) in [4.78, 5) is 4.37. The average molecular weight is 303 g/mol.